The van der Waals surface area contributed by atoms with Crippen LogP contribution in [-0.4, -0.2) is 50.6 Å². The van der Waals surface area contributed by atoms with Gasteiger partial charge >= 0.3 is 0 Å². The molecule has 3 rings (SSSR count). The average molecular weight is 365 g/mol. The molecule has 1 aromatic heterocycles. The van der Waals surface area contributed by atoms with Gasteiger partial charge in [0.1, 0.15) is 17.7 Å². The number of benzene rings is 1. The Balaban J connectivity index is 1.81. The van der Waals surface area contributed by atoms with Crippen molar-refractivity contribution in [1.82, 2.24) is 9.97 Å². The SMILES string of the molecule is Cc1nccc(N(C)[C@@H]2C[C@H]([C@@H](O)c3ccc(F)c(F)c3)[C@@H](O)[C@H]2O)n1. The maximum absolute atomic E-state index is 13.4. The number of aliphatic hydroxyl groups excluding tert-OH is 3. The third-order valence-corrected chi connectivity index (χ3v) is 5.01. The quantitative estimate of drug-likeness (QED) is 0.758. The van der Waals surface area contributed by atoms with Crippen LogP contribution in [0.5, 0.6) is 0 Å². The van der Waals surface area contributed by atoms with Crippen molar-refractivity contribution in [2.24, 2.45) is 5.92 Å². The molecular formula is C18H21F2N3O3. The summed E-state index contributed by atoms with van der Waals surface area (Å²) >= 11 is 0. The van der Waals surface area contributed by atoms with Crippen molar-refractivity contribution in [2.45, 2.75) is 37.7 Å². The molecule has 140 valence electrons. The van der Waals surface area contributed by atoms with E-state index >= 15 is 0 Å². The summed E-state index contributed by atoms with van der Waals surface area (Å²) in [6, 6.07) is 4.30. The van der Waals surface area contributed by atoms with Crippen LogP contribution in [0.4, 0.5) is 14.6 Å². The van der Waals surface area contributed by atoms with E-state index in [4.69, 9.17) is 0 Å². The van der Waals surface area contributed by atoms with Gasteiger partial charge in [-0.3, -0.25) is 0 Å². The molecule has 6 nitrogen and oxygen atoms in total. The molecule has 1 aromatic carbocycles. The van der Waals surface area contributed by atoms with Crippen LogP contribution < -0.4 is 4.90 Å². The highest BCUT2D eigenvalue weighted by atomic mass is 19.2. The zero-order chi connectivity index (χ0) is 19.0. The molecule has 26 heavy (non-hydrogen) atoms. The second-order valence-electron chi connectivity index (χ2n) is 6.64. The van der Waals surface area contributed by atoms with Crippen LogP contribution in [-0.2, 0) is 0 Å². The lowest BCUT2D eigenvalue weighted by Crippen LogP contribution is -2.42. The zero-order valence-corrected chi connectivity index (χ0v) is 14.4. The molecule has 8 heteroatoms. The summed E-state index contributed by atoms with van der Waals surface area (Å²) in [5, 5.41) is 31.4. The Hall–Kier alpha value is -2.16. The lowest BCUT2D eigenvalue weighted by Gasteiger charge is -2.28. The Morgan fingerprint density at radius 1 is 1.15 bits per heavy atom. The fourth-order valence-corrected chi connectivity index (χ4v) is 3.50. The number of rotatable bonds is 4. The van der Waals surface area contributed by atoms with Crippen LogP contribution in [0.3, 0.4) is 0 Å². The van der Waals surface area contributed by atoms with Crippen molar-refractivity contribution >= 4 is 5.82 Å². The van der Waals surface area contributed by atoms with Gasteiger partial charge < -0.3 is 20.2 Å². The van der Waals surface area contributed by atoms with Gasteiger partial charge in [-0.2, -0.15) is 0 Å². The summed E-state index contributed by atoms with van der Waals surface area (Å²) < 4.78 is 26.5. The van der Waals surface area contributed by atoms with Crippen LogP contribution >= 0.6 is 0 Å². The van der Waals surface area contributed by atoms with Gasteiger partial charge in [-0.1, -0.05) is 6.07 Å². The molecule has 1 aliphatic rings. The van der Waals surface area contributed by atoms with Crippen molar-refractivity contribution in [1.29, 1.82) is 0 Å². The van der Waals surface area contributed by atoms with Crippen LogP contribution in [0.15, 0.2) is 30.5 Å². The summed E-state index contributed by atoms with van der Waals surface area (Å²) in [7, 11) is 1.73. The van der Waals surface area contributed by atoms with E-state index in [1.807, 2.05) is 0 Å². The van der Waals surface area contributed by atoms with Gasteiger partial charge in [0.05, 0.1) is 18.2 Å². The lowest BCUT2D eigenvalue weighted by molar-refractivity contribution is -0.0232. The topological polar surface area (TPSA) is 89.7 Å². The normalized spacial score (nSPS) is 26.7. The monoisotopic (exact) mass is 365 g/mol. The van der Waals surface area contributed by atoms with Gasteiger partial charge in [-0.25, -0.2) is 18.7 Å². The van der Waals surface area contributed by atoms with Crippen LogP contribution in [0.1, 0.15) is 23.9 Å². The number of aliphatic hydroxyl groups is 3. The highest BCUT2D eigenvalue weighted by Crippen LogP contribution is 2.39. The molecule has 0 bridgehead atoms. The van der Waals surface area contributed by atoms with E-state index in [-0.39, 0.29) is 12.0 Å². The Morgan fingerprint density at radius 3 is 2.54 bits per heavy atom. The minimum absolute atomic E-state index is 0.154. The molecular weight excluding hydrogens is 344 g/mol. The summed E-state index contributed by atoms with van der Waals surface area (Å²) in [5.74, 6) is -1.66. The van der Waals surface area contributed by atoms with E-state index in [0.717, 1.165) is 12.1 Å². The Bertz CT molecular complexity index is 792. The zero-order valence-electron chi connectivity index (χ0n) is 14.4. The third-order valence-electron chi connectivity index (χ3n) is 5.01. The van der Waals surface area contributed by atoms with E-state index in [0.29, 0.717) is 11.6 Å². The van der Waals surface area contributed by atoms with Crippen LogP contribution in [0.25, 0.3) is 0 Å². The second kappa shape index (κ2) is 7.22. The van der Waals surface area contributed by atoms with Crippen molar-refractivity contribution < 1.29 is 24.1 Å². The largest absolute Gasteiger partial charge is 0.390 e. The molecule has 0 unspecified atom stereocenters. The van der Waals surface area contributed by atoms with Crippen molar-refractivity contribution in [3.05, 3.63) is 53.5 Å². The van der Waals surface area contributed by atoms with Crippen molar-refractivity contribution in [3.8, 4) is 0 Å². The molecule has 1 aliphatic carbocycles. The number of hydrogen-bond donors (Lipinski definition) is 3. The van der Waals surface area contributed by atoms with E-state index in [9.17, 15) is 24.1 Å². The molecule has 2 aromatic rings. The molecule has 0 spiro atoms. The van der Waals surface area contributed by atoms with Gasteiger partial charge in [0.15, 0.2) is 11.6 Å². The van der Waals surface area contributed by atoms with Gasteiger partial charge in [0, 0.05) is 19.2 Å². The molecule has 0 aliphatic heterocycles. The van der Waals surface area contributed by atoms with E-state index in [1.165, 1.54) is 6.07 Å². The Kier molecular flexibility index (Phi) is 5.17. The second-order valence-corrected chi connectivity index (χ2v) is 6.64. The highest BCUT2D eigenvalue weighted by Gasteiger charge is 2.46. The third kappa shape index (κ3) is 3.40. The fourth-order valence-electron chi connectivity index (χ4n) is 3.50. The number of nitrogens with zero attached hydrogens (tertiary/aromatic N) is 3. The fraction of sp³-hybridized carbons (Fsp3) is 0.444. The summed E-state index contributed by atoms with van der Waals surface area (Å²) in [4.78, 5) is 10.0. The van der Waals surface area contributed by atoms with E-state index < -0.39 is 41.9 Å². The number of aromatic nitrogens is 2. The predicted octanol–water partition coefficient (Wildman–Crippen LogP) is 1.34. The summed E-state index contributed by atoms with van der Waals surface area (Å²) in [5.41, 5.74) is 0.154. The van der Waals surface area contributed by atoms with Gasteiger partial charge in [0.25, 0.3) is 0 Å². The number of hydrogen-bond acceptors (Lipinski definition) is 6. The average Bonchev–Trinajstić information content (AvgIpc) is 2.91. The minimum atomic E-state index is -1.24. The predicted molar refractivity (Wildman–Crippen MR) is 90.4 cm³/mol. The van der Waals surface area contributed by atoms with Crippen LogP contribution in [0, 0.1) is 24.5 Å². The lowest BCUT2D eigenvalue weighted by atomic mass is 9.92. The maximum atomic E-state index is 13.4. The van der Waals surface area contributed by atoms with Crippen LogP contribution in [0.2, 0.25) is 0 Å². The molecule has 5 atom stereocenters. The maximum Gasteiger partial charge on any atom is 0.159 e. The highest BCUT2D eigenvalue weighted by molar-refractivity contribution is 5.39. The Morgan fingerprint density at radius 2 is 1.88 bits per heavy atom. The van der Waals surface area contributed by atoms with Gasteiger partial charge in [-0.15, -0.1) is 0 Å². The number of aryl methyl sites for hydroxylation is 1. The molecule has 1 heterocycles. The first-order chi connectivity index (χ1) is 12.3. The first kappa shape index (κ1) is 18.6. The number of halogens is 2. The molecule has 0 saturated heterocycles. The molecule has 3 N–H and O–H groups in total. The van der Waals surface area contributed by atoms with Gasteiger partial charge in [-0.05, 0) is 37.1 Å². The molecule has 0 radical (unpaired) electrons. The Labute approximate surface area is 149 Å². The molecule has 1 fully saturated rings. The molecule has 1 saturated carbocycles. The van der Waals surface area contributed by atoms with Crippen molar-refractivity contribution in [3.63, 3.8) is 0 Å². The van der Waals surface area contributed by atoms with E-state index in [2.05, 4.69) is 9.97 Å². The standard InChI is InChI=1S/C18H21F2N3O3/c1-9-21-6-5-15(22-9)23(2)14-8-11(17(25)18(14)26)16(24)10-3-4-12(19)13(20)7-10/h3-7,11,14,16-18,24-26H,8H2,1-2H3/t11-,14-,16+,17-,18+/m1/s1. The molecule has 0 amide bonds. The number of anilines is 1. The van der Waals surface area contributed by atoms with Crippen molar-refractivity contribution in [2.75, 3.05) is 11.9 Å². The first-order valence-corrected chi connectivity index (χ1v) is 8.31. The first-order valence-electron chi connectivity index (χ1n) is 8.31. The number of likely N-dealkylation sites (N-methyl/N-ethyl adjacent to an activating group) is 1. The smallest absolute Gasteiger partial charge is 0.159 e. The van der Waals surface area contributed by atoms with E-state index in [1.54, 1.807) is 31.1 Å². The van der Waals surface area contributed by atoms with Gasteiger partial charge in [0.2, 0.25) is 0 Å². The summed E-state index contributed by atoms with van der Waals surface area (Å²) in [6.45, 7) is 1.74. The minimum Gasteiger partial charge on any atom is -0.390 e. The summed E-state index contributed by atoms with van der Waals surface area (Å²) in [6.07, 6.45) is -1.73.